The van der Waals surface area contributed by atoms with Crippen molar-refractivity contribution in [1.29, 1.82) is 5.26 Å². The largest absolute Gasteiger partial charge is 0.374 e. The van der Waals surface area contributed by atoms with Crippen molar-refractivity contribution in [2.24, 2.45) is 0 Å². The van der Waals surface area contributed by atoms with E-state index >= 15 is 0 Å². The maximum absolute atomic E-state index is 9.33. The van der Waals surface area contributed by atoms with Crippen LogP contribution in [-0.2, 0) is 17.7 Å². The van der Waals surface area contributed by atoms with E-state index in [4.69, 9.17) is 16.3 Å². The molecule has 3 N–H and O–H groups in total. The van der Waals surface area contributed by atoms with Crippen molar-refractivity contribution in [2.45, 2.75) is 31.9 Å². The third-order valence-corrected chi connectivity index (χ3v) is 4.63. The second kappa shape index (κ2) is 6.18. The van der Waals surface area contributed by atoms with E-state index in [1.165, 1.54) is 10.5 Å². The van der Waals surface area contributed by atoms with Crippen LogP contribution in [0.4, 0.5) is 5.82 Å². The number of nitrogens with zero attached hydrogens (tertiary/aromatic N) is 1. The number of hydrogen-bond acceptors (Lipinski definition) is 3. The maximum atomic E-state index is 9.33. The summed E-state index contributed by atoms with van der Waals surface area (Å²) in [7, 11) is 2.17. The van der Waals surface area contributed by atoms with Gasteiger partial charge < -0.3 is 9.64 Å². The van der Waals surface area contributed by atoms with Crippen LogP contribution in [0.2, 0.25) is 5.15 Å². The molecule has 2 aliphatic rings. The molecule has 0 radical (unpaired) electrons. The van der Waals surface area contributed by atoms with Gasteiger partial charge in [0.05, 0.1) is 25.3 Å². The molecule has 21 heavy (non-hydrogen) atoms. The summed E-state index contributed by atoms with van der Waals surface area (Å²) in [4.78, 5) is 4.61. The van der Waals surface area contributed by atoms with Gasteiger partial charge in [0.1, 0.15) is 24.7 Å². The van der Waals surface area contributed by atoms with Gasteiger partial charge in [-0.05, 0) is 30.0 Å². The molecule has 1 aromatic heterocycles. The molecule has 6 heteroatoms. The van der Waals surface area contributed by atoms with E-state index in [0.717, 1.165) is 56.9 Å². The summed E-state index contributed by atoms with van der Waals surface area (Å²) >= 11 is 6.24. The van der Waals surface area contributed by atoms with Crippen molar-refractivity contribution < 1.29 is 14.6 Å². The van der Waals surface area contributed by atoms with Crippen LogP contribution in [0.5, 0.6) is 0 Å². The van der Waals surface area contributed by atoms with Crippen molar-refractivity contribution in [3.63, 3.8) is 0 Å². The van der Waals surface area contributed by atoms with Gasteiger partial charge in [-0.2, -0.15) is 5.26 Å². The normalized spacial score (nSPS) is 24.4. The molecule has 1 aromatic rings. The Labute approximate surface area is 129 Å². The van der Waals surface area contributed by atoms with Crippen LogP contribution in [-0.4, -0.2) is 32.8 Å². The Hall–Kier alpha value is -1.35. The summed E-state index contributed by atoms with van der Waals surface area (Å²) in [6.45, 7) is 3.58. The second-order valence-corrected chi connectivity index (χ2v) is 6.29. The minimum absolute atomic E-state index is 0.275. The topological polar surface area (TPSA) is 63.6 Å². The van der Waals surface area contributed by atoms with Crippen LogP contribution >= 0.6 is 11.6 Å². The molecule has 112 valence electrons. The number of nitrogens with one attached hydrogen (secondary N) is 3. The smallest absolute Gasteiger partial charge is 0.282 e. The Morgan fingerprint density at radius 1 is 1.52 bits per heavy atom. The number of aromatic nitrogens is 1. The molecule has 0 aliphatic carbocycles. The number of anilines is 1. The Balaban J connectivity index is 1.88. The van der Waals surface area contributed by atoms with Gasteiger partial charge in [-0.1, -0.05) is 0 Å². The van der Waals surface area contributed by atoms with Gasteiger partial charge in [0.15, 0.2) is 0 Å². The lowest BCUT2D eigenvalue weighted by Gasteiger charge is -2.23. The molecule has 1 saturated heterocycles. The lowest BCUT2D eigenvalue weighted by atomic mass is 9.97. The monoisotopic (exact) mass is 308 g/mol. The summed E-state index contributed by atoms with van der Waals surface area (Å²) in [5, 5.41) is 13.2. The highest BCUT2D eigenvalue weighted by Crippen LogP contribution is 2.25. The van der Waals surface area contributed by atoms with Gasteiger partial charge >= 0.3 is 0 Å². The lowest BCUT2D eigenvalue weighted by Crippen LogP contribution is -3.08. The molecule has 0 saturated carbocycles. The lowest BCUT2D eigenvalue weighted by molar-refractivity contribution is -0.895. The van der Waals surface area contributed by atoms with Gasteiger partial charge in [-0.25, -0.2) is 4.98 Å². The van der Waals surface area contributed by atoms with Crippen LogP contribution in [0.15, 0.2) is 0 Å². The SMILES string of the molecule is C[NH+]1CCc2c(C#N)c(Cl)[nH+]c(NC[C@@H]3CCCO3)c2C1. The number of fused-ring (bicyclic) bond motifs is 1. The van der Waals surface area contributed by atoms with Gasteiger partial charge in [-0.15, -0.1) is 0 Å². The number of hydrogen-bond donors (Lipinski definition) is 2. The predicted molar refractivity (Wildman–Crippen MR) is 79.3 cm³/mol. The van der Waals surface area contributed by atoms with Gasteiger partial charge in [0.2, 0.25) is 5.15 Å². The quantitative estimate of drug-likeness (QED) is 0.784. The highest BCUT2D eigenvalue weighted by atomic mass is 35.5. The second-order valence-electron chi connectivity index (χ2n) is 5.91. The first-order valence-electron chi connectivity index (χ1n) is 7.52. The summed E-state index contributed by atoms with van der Waals surface area (Å²) in [6, 6.07) is 2.24. The number of H-pyrrole nitrogens is 1. The fourth-order valence-corrected chi connectivity index (χ4v) is 3.42. The van der Waals surface area contributed by atoms with E-state index in [0.29, 0.717) is 10.7 Å². The Morgan fingerprint density at radius 3 is 3.10 bits per heavy atom. The van der Waals surface area contributed by atoms with Crippen molar-refractivity contribution in [2.75, 3.05) is 32.1 Å². The number of halogens is 1. The first-order valence-corrected chi connectivity index (χ1v) is 7.90. The van der Waals surface area contributed by atoms with Crippen LogP contribution in [0, 0.1) is 11.3 Å². The first-order chi connectivity index (χ1) is 10.2. The van der Waals surface area contributed by atoms with Crippen molar-refractivity contribution >= 4 is 17.4 Å². The Morgan fingerprint density at radius 2 is 2.38 bits per heavy atom. The molecule has 2 aliphatic heterocycles. The molecule has 1 unspecified atom stereocenters. The predicted octanol–water partition coefficient (Wildman–Crippen LogP) is 0.187. The highest BCUT2D eigenvalue weighted by molar-refractivity contribution is 6.29. The zero-order valence-corrected chi connectivity index (χ0v) is 13.0. The van der Waals surface area contributed by atoms with Crippen LogP contribution < -0.4 is 15.2 Å². The molecule has 0 bridgehead atoms. The molecular formula is C15H21ClN4O+2. The number of ether oxygens (including phenoxy) is 1. The van der Waals surface area contributed by atoms with Crippen molar-refractivity contribution in [1.82, 2.24) is 0 Å². The van der Waals surface area contributed by atoms with Crippen molar-refractivity contribution in [3.05, 3.63) is 21.8 Å². The third-order valence-electron chi connectivity index (χ3n) is 4.34. The summed E-state index contributed by atoms with van der Waals surface area (Å²) < 4.78 is 5.65. The molecule has 0 aromatic carbocycles. The van der Waals surface area contributed by atoms with E-state index in [1.807, 2.05) is 0 Å². The average molecular weight is 309 g/mol. The van der Waals surface area contributed by atoms with Crippen LogP contribution in [0.1, 0.15) is 29.5 Å². The van der Waals surface area contributed by atoms with Crippen LogP contribution in [0.25, 0.3) is 0 Å². The summed E-state index contributed by atoms with van der Waals surface area (Å²) in [6.07, 6.45) is 3.41. The number of pyridine rings is 1. The van der Waals surface area contributed by atoms with Crippen LogP contribution in [0.3, 0.4) is 0 Å². The average Bonchev–Trinajstić information content (AvgIpc) is 2.98. The zero-order chi connectivity index (χ0) is 14.8. The highest BCUT2D eigenvalue weighted by Gasteiger charge is 2.29. The minimum atomic E-state index is 0.275. The molecule has 3 rings (SSSR count). The van der Waals surface area contributed by atoms with E-state index in [-0.39, 0.29) is 6.10 Å². The molecule has 0 amide bonds. The molecule has 1 fully saturated rings. The fourth-order valence-electron chi connectivity index (χ4n) is 3.17. The molecule has 0 spiro atoms. The Kier molecular flexibility index (Phi) is 4.29. The fraction of sp³-hybridized carbons (Fsp3) is 0.600. The number of rotatable bonds is 3. The number of likely N-dealkylation sites (N-methyl/N-ethyl adjacent to an activating group) is 1. The van der Waals surface area contributed by atoms with Gasteiger partial charge in [-0.3, -0.25) is 5.32 Å². The summed E-state index contributed by atoms with van der Waals surface area (Å²) in [5.41, 5.74) is 2.89. The van der Waals surface area contributed by atoms with E-state index in [9.17, 15) is 5.26 Å². The van der Waals surface area contributed by atoms with E-state index in [2.05, 4.69) is 23.4 Å². The first kappa shape index (κ1) is 14.6. The molecule has 5 nitrogen and oxygen atoms in total. The van der Waals surface area contributed by atoms with Gasteiger partial charge in [0, 0.05) is 13.0 Å². The van der Waals surface area contributed by atoms with E-state index in [1.54, 1.807) is 0 Å². The van der Waals surface area contributed by atoms with E-state index < -0.39 is 0 Å². The van der Waals surface area contributed by atoms with Crippen molar-refractivity contribution in [3.8, 4) is 6.07 Å². The Bertz CT molecular complexity index is 578. The maximum Gasteiger partial charge on any atom is 0.282 e. The molecule has 3 heterocycles. The number of nitriles is 1. The molecular weight excluding hydrogens is 288 g/mol. The standard InChI is InChI=1S/C15H19ClN4O/c1-20-5-4-11-12(7-17)14(16)19-15(13(11)9-20)18-8-10-3-2-6-21-10/h10H,2-6,8-9H2,1H3,(H,18,19)/p+2/t10-/m0/s1. The zero-order valence-electron chi connectivity index (χ0n) is 12.3. The summed E-state index contributed by atoms with van der Waals surface area (Å²) in [5.74, 6) is 0.948. The number of aromatic amines is 1. The number of quaternary nitrogens is 1. The third kappa shape index (κ3) is 2.98. The minimum Gasteiger partial charge on any atom is -0.374 e. The van der Waals surface area contributed by atoms with Gasteiger partial charge in [0.25, 0.3) is 5.82 Å². The molecule has 2 atom stereocenters.